The highest BCUT2D eigenvalue weighted by molar-refractivity contribution is 6.18. The van der Waals surface area contributed by atoms with Crippen LogP contribution >= 0.6 is 11.6 Å². The zero-order valence-corrected chi connectivity index (χ0v) is 13.0. The molecule has 0 atom stereocenters. The largest absolute Gasteiger partial charge is 0.507 e. The van der Waals surface area contributed by atoms with Crippen molar-refractivity contribution in [3.8, 4) is 11.5 Å². The van der Waals surface area contributed by atoms with Crippen LogP contribution in [-0.4, -0.2) is 41.5 Å². The molecule has 1 rings (SSSR count). The molecule has 0 saturated heterocycles. The average Bonchev–Trinajstić information content (AvgIpc) is 2.46. The van der Waals surface area contributed by atoms with Gasteiger partial charge in [0.25, 0.3) is 5.91 Å². The molecule has 1 aromatic carbocycles. The first-order valence-electron chi connectivity index (χ1n) is 6.82. The van der Waals surface area contributed by atoms with Gasteiger partial charge in [-0.25, -0.2) is 0 Å². The SMILES string of the molecule is CCC(CC)N(CCCl)C(=O)c1ccc(OC)cc1O. The third kappa shape index (κ3) is 3.79. The molecule has 0 aliphatic heterocycles. The first-order valence-corrected chi connectivity index (χ1v) is 7.36. The van der Waals surface area contributed by atoms with E-state index in [1.807, 2.05) is 13.8 Å². The van der Waals surface area contributed by atoms with Gasteiger partial charge in [0.05, 0.1) is 12.7 Å². The van der Waals surface area contributed by atoms with Crippen LogP contribution in [-0.2, 0) is 0 Å². The molecule has 0 aromatic heterocycles. The Morgan fingerprint density at radius 3 is 2.50 bits per heavy atom. The molecule has 1 amide bonds. The van der Waals surface area contributed by atoms with Gasteiger partial charge < -0.3 is 14.7 Å². The number of amides is 1. The normalized spacial score (nSPS) is 10.7. The van der Waals surface area contributed by atoms with Gasteiger partial charge in [-0.2, -0.15) is 0 Å². The van der Waals surface area contributed by atoms with Crippen LogP contribution in [0.3, 0.4) is 0 Å². The second-order valence-corrected chi connectivity index (χ2v) is 4.92. The van der Waals surface area contributed by atoms with Crippen molar-refractivity contribution < 1.29 is 14.6 Å². The van der Waals surface area contributed by atoms with Crippen LogP contribution in [0.4, 0.5) is 0 Å². The summed E-state index contributed by atoms with van der Waals surface area (Å²) in [4.78, 5) is 14.3. The lowest BCUT2D eigenvalue weighted by atomic mass is 10.1. The lowest BCUT2D eigenvalue weighted by Crippen LogP contribution is -2.41. The van der Waals surface area contributed by atoms with Gasteiger partial charge in [-0.05, 0) is 25.0 Å². The van der Waals surface area contributed by atoms with Crippen molar-refractivity contribution in [2.45, 2.75) is 32.7 Å². The Morgan fingerprint density at radius 1 is 1.40 bits per heavy atom. The molecule has 1 N–H and O–H groups in total. The molecule has 0 bridgehead atoms. The van der Waals surface area contributed by atoms with Crippen LogP contribution in [0.15, 0.2) is 18.2 Å². The van der Waals surface area contributed by atoms with E-state index in [1.165, 1.54) is 13.2 Å². The summed E-state index contributed by atoms with van der Waals surface area (Å²) >= 11 is 5.80. The molecule has 112 valence electrons. The average molecular weight is 300 g/mol. The van der Waals surface area contributed by atoms with Gasteiger partial charge in [0.15, 0.2) is 0 Å². The maximum Gasteiger partial charge on any atom is 0.257 e. The van der Waals surface area contributed by atoms with E-state index in [9.17, 15) is 9.90 Å². The summed E-state index contributed by atoms with van der Waals surface area (Å²) in [5.41, 5.74) is 0.280. The molecule has 0 aliphatic rings. The highest BCUT2D eigenvalue weighted by Gasteiger charge is 2.24. The van der Waals surface area contributed by atoms with Crippen LogP contribution < -0.4 is 4.74 Å². The monoisotopic (exact) mass is 299 g/mol. The number of rotatable bonds is 7. The summed E-state index contributed by atoms with van der Waals surface area (Å²) in [5.74, 6) is 0.629. The molecular weight excluding hydrogens is 278 g/mol. The number of halogens is 1. The summed E-state index contributed by atoms with van der Waals surface area (Å²) in [7, 11) is 1.51. The zero-order valence-electron chi connectivity index (χ0n) is 12.2. The predicted octanol–water partition coefficient (Wildman–Crippen LogP) is 3.27. The van der Waals surface area contributed by atoms with E-state index < -0.39 is 0 Å². The number of alkyl halides is 1. The number of phenolic OH excluding ortho intramolecular Hbond substituents is 1. The summed E-state index contributed by atoms with van der Waals surface area (Å²) < 4.78 is 5.02. The number of nitrogens with zero attached hydrogens (tertiary/aromatic N) is 1. The molecule has 0 aliphatic carbocycles. The molecule has 0 radical (unpaired) electrons. The maximum absolute atomic E-state index is 12.6. The lowest BCUT2D eigenvalue weighted by Gasteiger charge is -2.30. The van der Waals surface area contributed by atoms with Gasteiger partial charge in [-0.15, -0.1) is 11.6 Å². The number of hydrogen-bond acceptors (Lipinski definition) is 3. The number of carbonyl (C=O) groups excluding carboxylic acids is 1. The van der Waals surface area contributed by atoms with Crippen molar-refractivity contribution in [3.05, 3.63) is 23.8 Å². The van der Waals surface area contributed by atoms with E-state index in [4.69, 9.17) is 16.3 Å². The highest BCUT2D eigenvalue weighted by atomic mass is 35.5. The molecule has 0 fully saturated rings. The Bertz CT molecular complexity index is 447. The number of carbonyl (C=O) groups is 1. The first kappa shape index (κ1) is 16.6. The highest BCUT2D eigenvalue weighted by Crippen LogP contribution is 2.26. The van der Waals surface area contributed by atoms with E-state index in [0.717, 1.165) is 12.8 Å². The second-order valence-electron chi connectivity index (χ2n) is 4.54. The van der Waals surface area contributed by atoms with Gasteiger partial charge in [0.2, 0.25) is 0 Å². The molecule has 20 heavy (non-hydrogen) atoms. The van der Waals surface area contributed by atoms with Gasteiger partial charge >= 0.3 is 0 Å². The lowest BCUT2D eigenvalue weighted by molar-refractivity contribution is 0.0678. The van der Waals surface area contributed by atoms with Crippen molar-refractivity contribution in [2.24, 2.45) is 0 Å². The van der Waals surface area contributed by atoms with Gasteiger partial charge in [-0.3, -0.25) is 4.79 Å². The minimum absolute atomic E-state index is 0.0696. The van der Waals surface area contributed by atoms with Crippen LogP contribution in [0, 0.1) is 0 Å². The van der Waals surface area contributed by atoms with Crippen molar-refractivity contribution in [1.29, 1.82) is 0 Å². The Hall–Kier alpha value is -1.42. The number of methoxy groups -OCH3 is 1. The predicted molar refractivity (Wildman–Crippen MR) is 80.8 cm³/mol. The minimum Gasteiger partial charge on any atom is -0.507 e. The van der Waals surface area contributed by atoms with E-state index >= 15 is 0 Å². The fourth-order valence-electron chi connectivity index (χ4n) is 2.24. The van der Waals surface area contributed by atoms with Gasteiger partial charge in [0, 0.05) is 24.5 Å². The quantitative estimate of drug-likeness (QED) is 0.786. The number of ether oxygens (including phenoxy) is 1. The second kappa shape index (κ2) is 8.00. The molecule has 4 nitrogen and oxygen atoms in total. The zero-order chi connectivity index (χ0) is 15.1. The Morgan fingerprint density at radius 2 is 2.05 bits per heavy atom. The van der Waals surface area contributed by atoms with E-state index in [1.54, 1.807) is 17.0 Å². The van der Waals surface area contributed by atoms with Crippen molar-refractivity contribution in [3.63, 3.8) is 0 Å². The summed E-state index contributed by atoms with van der Waals surface area (Å²) in [6.07, 6.45) is 1.71. The molecule has 0 saturated carbocycles. The van der Waals surface area contributed by atoms with Crippen molar-refractivity contribution in [2.75, 3.05) is 19.5 Å². The molecule has 0 spiro atoms. The van der Waals surface area contributed by atoms with E-state index in [-0.39, 0.29) is 23.3 Å². The smallest absolute Gasteiger partial charge is 0.257 e. The maximum atomic E-state index is 12.6. The molecule has 1 aromatic rings. The topological polar surface area (TPSA) is 49.8 Å². The third-order valence-corrected chi connectivity index (χ3v) is 3.57. The summed E-state index contributed by atoms with van der Waals surface area (Å²) in [6, 6.07) is 4.82. The number of phenols is 1. The number of hydrogen-bond donors (Lipinski definition) is 1. The summed E-state index contributed by atoms with van der Waals surface area (Å²) in [5, 5.41) is 9.98. The van der Waals surface area contributed by atoms with Crippen LogP contribution in [0.1, 0.15) is 37.0 Å². The van der Waals surface area contributed by atoms with Gasteiger partial charge in [0.1, 0.15) is 11.5 Å². The standard InChI is InChI=1S/C15H22ClNO3/c1-4-11(5-2)17(9-8-16)15(19)13-7-6-12(20-3)10-14(13)18/h6-7,10-11,18H,4-5,8-9H2,1-3H3. The van der Waals surface area contributed by atoms with E-state index in [2.05, 4.69) is 0 Å². The number of benzene rings is 1. The molecular formula is C15H22ClNO3. The Kier molecular flexibility index (Phi) is 6.65. The Balaban J connectivity index is 3.05. The van der Waals surface area contributed by atoms with Crippen LogP contribution in [0.25, 0.3) is 0 Å². The Labute approximate surface area is 125 Å². The van der Waals surface area contributed by atoms with Crippen LogP contribution in [0.2, 0.25) is 0 Å². The van der Waals surface area contributed by atoms with Gasteiger partial charge in [-0.1, -0.05) is 13.8 Å². The fourth-order valence-corrected chi connectivity index (χ4v) is 2.43. The van der Waals surface area contributed by atoms with Crippen molar-refractivity contribution in [1.82, 2.24) is 4.90 Å². The van der Waals surface area contributed by atoms with E-state index in [0.29, 0.717) is 18.2 Å². The molecule has 0 heterocycles. The molecule has 5 heteroatoms. The minimum atomic E-state index is -0.195. The first-order chi connectivity index (χ1) is 9.58. The fraction of sp³-hybridized carbons (Fsp3) is 0.533. The third-order valence-electron chi connectivity index (χ3n) is 3.40. The van der Waals surface area contributed by atoms with Crippen LogP contribution in [0.5, 0.6) is 11.5 Å². The number of aromatic hydroxyl groups is 1. The summed E-state index contributed by atoms with van der Waals surface area (Å²) in [6.45, 7) is 4.55. The van der Waals surface area contributed by atoms with Crippen molar-refractivity contribution >= 4 is 17.5 Å². The molecule has 0 unspecified atom stereocenters.